The molecule has 3 aromatic rings. The largest absolute Gasteiger partial charge is 0.393 e. The van der Waals surface area contributed by atoms with Crippen molar-refractivity contribution in [2.75, 3.05) is 39.3 Å². The van der Waals surface area contributed by atoms with Crippen molar-refractivity contribution in [3.8, 4) is 10.4 Å². The molecule has 7 rings (SSSR count). The van der Waals surface area contributed by atoms with Crippen LogP contribution in [-0.4, -0.2) is 111 Å². The Kier molecular flexibility index (Phi) is 11.8. The number of carbonyl (C=O) groups excluding carboxylic acids is 4. The van der Waals surface area contributed by atoms with E-state index in [2.05, 4.69) is 15.2 Å². The Bertz CT molecular complexity index is 1810. The number of hydrogen-bond acceptors (Lipinski definition) is 8. The molecule has 288 valence electrons. The molecule has 4 aliphatic heterocycles. The molecule has 0 radical (unpaired) electrons. The van der Waals surface area contributed by atoms with Crippen LogP contribution in [-0.2, 0) is 20.9 Å². The minimum Gasteiger partial charge on any atom is -0.393 e. The van der Waals surface area contributed by atoms with E-state index in [-0.39, 0.29) is 42.1 Å². The summed E-state index contributed by atoms with van der Waals surface area (Å²) in [6.07, 6.45) is 4.66. The molecule has 2 aromatic carbocycles. The number of likely N-dealkylation sites (tertiary alicyclic amines) is 3. The molecular weight excluding hydrogens is 701 g/mol. The van der Waals surface area contributed by atoms with Crippen molar-refractivity contribution in [2.24, 2.45) is 11.8 Å². The van der Waals surface area contributed by atoms with Crippen LogP contribution >= 0.6 is 11.3 Å². The van der Waals surface area contributed by atoms with Gasteiger partial charge in [-0.3, -0.25) is 19.2 Å². The standard InChI is InChI=1S/C42H54N6O5S/c1-27(2)38(48-25-32-7-4-5-8-34(32)41(48)52)42(53)47-18-6-9-36(47)40(51)44-35(30-10-12-31(13-11-30)39-28(3)43-26-54-39)23-37(50)46-21-14-29(15-22-46)24-45-19-16-33(49)17-20-45/h4-5,7-8,10-13,26-27,29,33,35-36,38,49H,6,9,14-25H2,1-3H3,(H,44,51). The van der Waals surface area contributed by atoms with Gasteiger partial charge in [0, 0.05) is 51.4 Å². The number of nitrogens with one attached hydrogen (secondary N) is 1. The second kappa shape index (κ2) is 16.7. The topological polar surface area (TPSA) is 126 Å². The molecule has 2 N–H and O–H groups in total. The number of piperidine rings is 2. The zero-order chi connectivity index (χ0) is 37.9. The van der Waals surface area contributed by atoms with Crippen molar-refractivity contribution >= 4 is 35.0 Å². The van der Waals surface area contributed by atoms with Gasteiger partial charge in [0.1, 0.15) is 12.1 Å². The fourth-order valence-corrected chi connectivity index (χ4v) is 9.67. The van der Waals surface area contributed by atoms with Crippen molar-refractivity contribution in [2.45, 2.75) is 96.5 Å². The van der Waals surface area contributed by atoms with Gasteiger partial charge in [-0.05, 0) is 80.0 Å². The molecular formula is C42H54N6O5S. The van der Waals surface area contributed by atoms with Gasteiger partial charge in [-0.15, -0.1) is 11.3 Å². The van der Waals surface area contributed by atoms with E-state index in [0.29, 0.717) is 50.5 Å². The highest BCUT2D eigenvalue weighted by atomic mass is 32.1. The van der Waals surface area contributed by atoms with Crippen molar-refractivity contribution in [3.05, 3.63) is 76.4 Å². The monoisotopic (exact) mass is 754 g/mol. The summed E-state index contributed by atoms with van der Waals surface area (Å²) in [5, 5.41) is 13.1. The van der Waals surface area contributed by atoms with Gasteiger partial charge in [-0.25, -0.2) is 4.98 Å². The minimum atomic E-state index is -0.692. The number of aromatic nitrogens is 1. The van der Waals surface area contributed by atoms with Gasteiger partial charge in [-0.2, -0.15) is 0 Å². The van der Waals surface area contributed by atoms with E-state index >= 15 is 0 Å². The molecule has 12 heteroatoms. The molecule has 0 aliphatic carbocycles. The summed E-state index contributed by atoms with van der Waals surface area (Å²) < 4.78 is 0. The molecule has 5 heterocycles. The van der Waals surface area contributed by atoms with Crippen LogP contribution in [0, 0.1) is 18.8 Å². The van der Waals surface area contributed by atoms with Gasteiger partial charge in [0.2, 0.25) is 17.7 Å². The van der Waals surface area contributed by atoms with Crippen molar-refractivity contribution in [3.63, 3.8) is 0 Å². The second-order valence-corrected chi connectivity index (χ2v) is 16.8. The van der Waals surface area contributed by atoms with E-state index in [4.69, 9.17) is 0 Å². The van der Waals surface area contributed by atoms with E-state index in [1.807, 2.05) is 79.7 Å². The van der Waals surface area contributed by atoms with Crippen molar-refractivity contribution in [1.82, 2.24) is 29.9 Å². The summed E-state index contributed by atoms with van der Waals surface area (Å²) in [7, 11) is 0. The molecule has 0 saturated carbocycles. The highest BCUT2D eigenvalue weighted by Gasteiger charge is 2.44. The summed E-state index contributed by atoms with van der Waals surface area (Å²) in [4.78, 5) is 69.2. The number of benzene rings is 2. The minimum absolute atomic E-state index is 0.00793. The number of fused-ring (bicyclic) bond motifs is 1. The highest BCUT2D eigenvalue weighted by molar-refractivity contribution is 7.13. The molecule has 4 amide bonds. The third kappa shape index (κ3) is 8.25. The van der Waals surface area contributed by atoms with E-state index in [1.165, 1.54) is 0 Å². The Balaban J connectivity index is 1.05. The van der Waals surface area contributed by atoms with Crippen LogP contribution in [0.5, 0.6) is 0 Å². The number of thiazole rings is 1. The molecule has 11 nitrogen and oxygen atoms in total. The molecule has 4 aliphatic rings. The van der Waals surface area contributed by atoms with Crippen molar-refractivity contribution < 1.29 is 24.3 Å². The Hall–Kier alpha value is -4.13. The average Bonchev–Trinajstić information content (AvgIpc) is 3.92. The van der Waals surface area contributed by atoms with Gasteiger partial charge in [0.05, 0.1) is 34.6 Å². The average molecular weight is 755 g/mol. The maximum atomic E-state index is 14.3. The number of nitrogens with zero attached hydrogens (tertiary/aromatic N) is 5. The maximum Gasteiger partial charge on any atom is 0.255 e. The van der Waals surface area contributed by atoms with Crippen LogP contribution in [0.15, 0.2) is 54.0 Å². The molecule has 3 fully saturated rings. The number of carbonyl (C=O) groups is 4. The Morgan fingerprint density at radius 1 is 0.944 bits per heavy atom. The molecule has 3 saturated heterocycles. The van der Waals surface area contributed by atoms with Gasteiger partial charge >= 0.3 is 0 Å². The molecule has 3 unspecified atom stereocenters. The number of aryl methyl sites for hydroxylation is 1. The molecule has 0 bridgehead atoms. The lowest BCUT2D eigenvalue weighted by atomic mass is 9.94. The first kappa shape index (κ1) is 38.2. The number of hydrogen-bond donors (Lipinski definition) is 2. The first-order valence-electron chi connectivity index (χ1n) is 19.8. The summed E-state index contributed by atoms with van der Waals surface area (Å²) in [6.45, 7) is 10.9. The highest BCUT2D eigenvalue weighted by Crippen LogP contribution is 2.32. The normalized spacial score (nSPS) is 21.1. The fraction of sp³-hybridized carbons (Fsp3) is 0.548. The molecule has 54 heavy (non-hydrogen) atoms. The van der Waals surface area contributed by atoms with Gasteiger partial charge in [0.25, 0.3) is 5.91 Å². The summed E-state index contributed by atoms with van der Waals surface area (Å²) in [6, 6.07) is 13.5. The fourth-order valence-electron chi connectivity index (χ4n) is 8.85. The Morgan fingerprint density at radius 2 is 1.67 bits per heavy atom. The molecule has 3 atom stereocenters. The first-order chi connectivity index (χ1) is 26.1. The van der Waals surface area contributed by atoms with Crippen LogP contribution in [0.1, 0.15) is 92.0 Å². The van der Waals surface area contributed by atoms with E-state index in [9.17, 15) is 24.3 Å². The third-order valence-corrected chi connectivity index (χ3v) is 12.9. The smallest absolute Gasteiger partial charge is 0.255 e. The predicted molar refractivity (Wildman–Crippen MR) is 208 cm³/mol. The number of aliphatic hydroxyl groups excluding tert-OH is 1. The molecule has 0 spiro atoms. The Morgan fingerprint density at radius 3 is 2.33 bits per heavy atom. The third-order valence-electron chi connectivity index (χ3n) is 12.0. The van der Waals surface area contributed by atoms with Crippen LogP contribution in [0.25, 0.3) is 10.4 Å². The van der Waals surface area contributed by atoms with E-state index in [1.54, 1.807) is 21.1 Å². The van der Waals surface area contributed by atoms with Gasteiger partial charge in [0.15, 0.2) is 0 Å². The van der Waals surface area contributed by atoms with Crippen molar-refractivity contribution in [1.29, 1.82) is 0 Å². The number of rotatable bonds is 11. The SMILES string of the molecule is Cc1ncsc1-c1ccc(C(CC(=O)N2CCC(CN3CCC(O)CC3)CC2)NC(=O)C2CCCN2C(=O)C(C(C)C)N2Cc3ccccc3C2=O)cc1. The number of aliphatic hydroxyl groups is 1. The van der Waals surface area contributed by atoms with Gasteiger partial charge in [-0.1, -0.05) is 56.3 Å². The zero-order valence-corrected chi connectivity index (χ0v) is 32.6. The quantitative estimate of drug-likeness (QED) is 0.281. The van der Waals surface area contributed by atoms with Crippen LogP contribution < -0.4 is 5.32 Å². The van der Waals surface area contributed by atoms with Crippen LogP contribution in [0.3, 0.4) is 0 Å². The number of amides is 4. The van der Waals surface area contributed by atoms with Crippen LogP contribution in [0.4, 0.5) is 0 Å². The molecule has 1 aromatic heterocycles. The van der Waals surface area contributed by atoms with Gasteiger partial charge < -0.3 is 30.0 Å². The summed E-state index contributed by atoms with van der Waals surface area (Å²) in [5.41, 5.74) is 6.19. The zero-order valence-electron chi connectivity index (χ0n) is 31.8. The van der Waals surface area contributed by atoms with E-state index in [0.717, 1.165) is 72.6 Å². The van der Waals surface area contributed by atoms with E-state index < -0.39 is 18.1 Å². The Labute approximate surface area is 322 Å². The van der Waals surface area contributed by atoms with Crippen LogP contribution in [0.2, 0.25) is 0 Å². The second-order valence-electron chi connectivity index (χ2n) is 16.0. The first-order valence-corrected chi connectivity index (χ1v) is 20.6. The summed E-state index contributed by atoms with van der Waals surface area (Å²) >= 11 is 1.58. The lowest BCUT2D eigenvalue weighted by Gasteiger charge is -2.37. The predicted octanol–water partition coefficient (Wildman–Crippen LogP) is 5.03. The lowest BCUT2D eigenvalue weighted by molar-refractivity contribution is -0.143. The summed E-state index contributed by atoms with van der Waals surface area (Å²) in [5.74, 6) is -0.247. The maximum absolute atomic E-state index is 14.3. The lowest BCUT2D eigenvalue weighted by Crippen LogP contribution is -2.55.